The second kappa shape index (κ2) is 9.80. The van der Waals surface area contributed by atoms with Gasteiger partial charge in [0.25, 0.3) is 0 Å². The van der Waals surface area contributed by atoms with Gasteiger partial charge in [0, 0.05) is 17.8 Å². The molecular weight excluding hydrogens is 380 g/mol. The fourth-order valence-corrected chi connectivity index (χ4v) is 5.51. The molecule has 1 heterocycles. The van der Waals surface area contributed by atoms with Crippen molar-refractivity contribution in [3.8, 4) is 0 Å². The van der Waals surface area contributed by atoms with Crippen LogP contribution < -0.4 is 5.32 Å². The zero-order valence-electron chi connectivity index (χ0n) is 19.2. The highest BCUT2D eigenvalue weighted by Gasteiger charge is 2.33. The second-order valence-electron chi connectivity index (χ2n) is 9.67. The molecule has 2 unspecified atom stereocenters. The zero-order valence-corrected chi connectivity index (χ0v) is 19.2. The number of nitrogens with zero attached hydrogens (tertiary/aromatic N) is 1. The Kier molecular flexibility index (Phi) is 6.89. The Hall–Kier alpha value is -2.42. The first-order valence-corrected chi connectivity index (χ1v) is 12.1. The van der Waals surface area contributed by atoms with Crippen molar-refractivity contribution in [1.29, 1.82) is 0 Å². The van der Waals surface area contributed by atoms with E-state index in [9.17, 15) is 4.79 Å². The lowest BCUT2D eigenvalue weighted by Crippen LogP contribution is -2.32. The normalized spacial score (nSPS) is 23.8. The van der Waals surface area contributed by atoms with Gasteiger partial charge >= 0.3 is 0 Å². The lowest BCUT2D eigenvalue weighted by Gasteiger charge is -2.34. The van der Waals surface area contributed by atoms with E-state index in [1.54, 1.807) is 0 Å². The molecule has 1 N–H and O–H groups in total. The van der Waals surface area contributed by atoms with E-state index in [1.165, 1.54) is 35.2 Å². The molecule has 1 aromatic heterocycles. The SMILES string of the molecule is CCCC(C(=O)Nc1ccc(C)cc1)C1CCC(c2ccnc3c2CC(C)C=C3)CC1. The summed E-state index contributed by atoms with van der Waals surface area (Å²) in [6, 6.07) is 10.4. The minimum absolute atomic E-state index is 0.113. The minimum atomic E-state index is 0.113. The third kappa shape index (κ3) is 5.08. The van der Waals surface area contributed by atoms with Crippen molar-refractivity contribution in [2.75, 3.05) is 5.32 Å². The van der Waals surface area contributed by atoms with Gasteiger partial charge in [-0.2, -0.15) is 0 Å². The van der Waals surface area contributed by atoms with Crippen molar-refractivity contribution in [3.63, 3.8) is 0 Å². The summed E-state index contributed by atoms with van der Waals surface area (Å²) in [7, 11) is 0. The highest BCUT2D eigenvalue weighted by atomic mass is 16.1. The van der Waals surface area contributed by atoms with Crippen LogP contribution in [0.2, 0.25) is 0 Å². The van der Waals surface area contributed by atoms with Gasteiger partial charge in [-0.1, -0.05) is 44.0 Å². The average Bonchev–Trinajstić information content (AvgIpc) is 2.78. The lowest BCUT2D eigenvalue weighted by atomic mass is 9.71. The molecular formula is C28H36N2O. The van der Waals surface area contributed by atoms with Gasteiger partial charge < -0.3 is 5.32 Å². The van der Waals surface area contributed by atoms with Gasteiger partial charge in [-0.3, -0.25) is 9.78 Å². The van der Waals surface area contributed by atoms with E-state index in [0.29, 0.717) is 17.8 Å². The highest BCUT2D eigenvalue weighted by molar-refractivity contribution is 5.92. The summed E-state index contributed by atoms with van der Waals surface area (Å²) in [6.45, 7) is 6.55. The van der Waals surface area contributed by atoms with E-state index in [-0.39, 0.29) is 11.8 Å². The number of rotatable bonds is 6. The lowest BCUT2D eigenvalue weighted by molar-refractivity contribution is -0.122. The second-order valence-corrected chi connectivity index (χ2v) is 9.67. The van der Waals surface area contributed by atoms with Gasteiger partial charge in [0.05, 0.1) is 5.69 Å². The molecule has 4 rings (SSSR count). The maximum Gasteiger partial charge on any atom is 0.227 e. The molecule has 0 aliphatic heterocycles. The molecule has 0 radical (unpaired) electrons. The Bertz CT molecular complexity index is 923. The van der Waals surface area contributed by atoms with Crippen LogP contribution >= 0.6 is 0 Å². The van der Waals surface area contributed by atoms with Crippen molar-refractivity contribution in [3.05, 3.63) is 65.0 Å². The Morgan fingerprint density at radius 2 is 1.87 bits per heavy atom. The quantitative estimate of drug-likeness (QED) is 0.555. The van der Waals surface area contributed by atoms with Crippen LogP contribution in [0.25, 0.3) is 6.08 Å². The molecule has 164 valence electrons. The maximum atomic E-state index is 13.1. The van der Waals surface area contributed by atoms with Crippen LogP contribution in [0.3, 0.4) is 0 Å². The minimum Gasteiger partial charge on any atom is -0.326 e. The summed E-state index contributed by atoms with van der Waals surface area (Å²) in [6.07, 6.45) is 14.2. The maximum absolute atomic E-state index is 13.1. The van der Waals surface area contributed by atoms with Gasteiger partial charge in [0.1, 0.15) is 0 Å². The summed E-state index contributed by atoms with van der Waals surface area (Å²) < 4.78 is 0. The largest absolute Gasteiger partial charge is 0.326 e. The summed E-state index contributed by atoms with van der Waals surface area (Å²) in [5, 5.41) is 3.19. The van der Waals surface area contributed by atoms with Gasteiger partial charge in [-0.05, 0) is 98.6 Å². The molecule has 1 saturated carbocycles. The number of nitrogens with one attached hydrogen (secondary N) is 1. The van der Waals surface area contributed by atoms with Crippen molar-refractivity contribution in [2.24, 2.45) is 17.8 Å². The predicted molar refractivity (Wildman–Crippen MR) is 129 cm³/mol. The van der Waals surface area contributed by atoms with Crippen LogP contribution in [0.4, 0.5) is 5.69 Å². The van der Waals surface area contributed by atoms with E-state index in [4.69, 9.17) is 0 Å². The van der Waals surface area contributed by atoms with E-state index >= 15 is 0 Å². The molecule has 1 aromatic carbocycles. The molecule has 0 bridgehead atoms. The topological polar surface area (TPSA) is 42.0 Å². The van der Waals surface area contributed by atoms with Crippen LogP contribution in [0.15, 0.2) is 42.6 Å². The molecule has 2 aromatic rings. The summed E-state index contributed by atoms with van der Waals surface area (Å²) in [4.78, 5) is 17.7. The average molecular weight is 417 g/mol. The van der Waals surface area contributed by atoms with E-state index in [2.05, 4.69) is 61.4 Å². The third-order valence-corrected chi connectivity index (χ3v) is 7.27. The number of carbonyl (C=O) groups is 1. The van der Waals surface area contributed by atoms with Crippen molar-refractivity contribution in [2.45, 2.75) is 71.6 Å². The first kappa shape index (κ1) is 21.8. The van der Waals surface area contributed by atoms with E-state index in [1.807, 2.05) is 18.3 Å². The Morgan fingerprint density at radius 1 is 1.13 bits per heavy atom. The number of benzene rings is 1. The Balaban J connectivity index is 1.42. The number of hydrogen-bond acceptors (Lipinski definition) is 2. The standard InChI is InChI=1S/C28H36N2O/c1-4-5-25(28(31)30-23-13-6-19(2)7-14-23)22-11-9-21(10-12-22)24-16-17-29-27-15-8-20(3)18-26(24)27/h6-8,13-17,20-22,25H,4-5,9-12,18H2,1-3H3,(H,30,31). The molecule has 31 heavy (non-hydrogen) atoms. The number of aryl methyl sites for hydroxylation is 1. The molecule has 1 amide bonds. The molecule has 3 nitrogen and oxygen atoms in total. The van der Waals surface area contributed by atoms with Crippen LogP contribution in [0.5, 0.6) is 0 Å². The molecule has 2 atom stereocenters. The molecule has 0 spiro atoms. The predicted octanol–water partition coefficient (Wildman–Crippen LogP) is 6.92. The van der Waals surface area contributed by atoms with Gasteiger partial charge in [-0.25, -0.2) is 0 Å². The summed E-state index contributed by atoms with van der Waals surface area (Å²) in [5.74, 6) is 1.99. The fourth-order valence-electron chi connectivity index (χ4n) is 5.51. The molecule has 1 fully saturated rings. The van der Waals surface area contributed by atoms with Crippen LogP contribution in [-0.4, -0.2) is 10.9 Å². The number of hydrogen-bond donors (Lipinski definition) is 1. The number of fused-ring (bicyclic) bond motifs is 1. The first-order valence-electron chi connectivity index (χ1n) is 12.1. The van der Waals surface area contributed by atoms with Crippen LogP contribution in [-0.2, 0) is 11.2 Å². The third-order valence-electron chi connectivity index (χ3n) is 7.27. The molecule has 3 heteroatoms. The number of allylic oxidation sites excluding steroid dienone is 1. The highest BCUT2D eigenvalue weighted by Crippen LogP contribution is 2.42. The number of aromatic nitrogens is 1. The zero-order chi connectivity index (χ0) is 21.8. The summed E-state index contributed by atoms with van der Waals surface area (Å²) >= 11 is 0. The van der Waals surface area contributed by atoms with E-state index < -0.39 is 0 Å². The fraction of sp³-hybridized carbons (Fsp3) is 0.500. The van der Waals surface area contributed by atoms with Crippen LogP contribution in [0.1, 0.15) is 80.7 Å². The van der Waals surface area contributed by atoms with Crippen molar-refractivity contribution in [1.82, 2.24) is 4.98 Å². The van der Waals surface area contributed by atoms with Gasteiger partial charge in [-0.15, -0.1) is 0 Å². The van der Waals surface area contributed by atoms with Crippen LogP contribution in [0, 0.1) is 24.7 Å². The molecule has 2 aliphatic rings. The number of anilines is 1. The molecule has 2 aliphatic carbocycles. The number of carbonyl (C=O) groups excluding carboxylic acids is 1. The van der Waals surface area contributed by atoms with Crippen molar-refractivity contribution >= 4 is 17.7 Å². The first-order chi connectivity index (χ1) is 15.0. The summed E-state index contributed by atoms with van der Waals surface area (Å²) in [5.41, 5.74) is 6.26. The Labute approximate surface area is 187 Å². The van der Waals surface area contributed by atoms with Gasteiger partial charge in [0.2, 0.25) is 5.91 Å². The molecule has 0 saturated heterocycles. The smallest absolute Gasteiger partial charge is 0.227 e. The van der Waals surface area contributed by atoms with Gasteiger partial charge in [0.15, 0.2) is 0 Å². The number of pyridine rings is 1. The monoisotopic (exact) mass is 416 g/mol. The Morgan fingerprint density at radius 3 is 2.58 bits per heavy atom. The van der Waals surface area contributed by atoms with Crippen molar-refractivity contribution < 1.29 is 4.79 Å². The van der Waals surface area contributed by atoms with E-state index in [0.717, 1.165) is 37.8 Å². The number of amides is 1.